The molecule has 0 unspecified atom stereocenters. The summed E-state index contributed by atoms with van der Waals surface area (Å²) in [5.41, 5.74) is 2.18. The van der Waals surface area contributed by atoms with Crippen LogP contribution >= 0.6 is 11.6 Å². The lowest BCUT2D eigenvalue weighted by molar-refractivity contribution is -0.126. The van der Waals surface area contributed by atoms with Crippen LogP contribution in [0.2, 0.25) is 5.02 Å². The van der Waals surface area contributed by atoms with Gasteiger partial charge in [0.1, 0.15) is 17.4 Å². The van der Waals surface area contributed by atoms with E-state index in [2.05, 4.69) is 5.10 Å². The van der Waals surface area contributed by atoms with Crippen molar-refractivity contribution in [3.05, 3.63) is 107 Å². The van der Waals surface area contributed by atoms with E-state index in [0.717, 1.165) is 10.5 Å². The van der Waals surface area contributed by atoms with Gasteiger partial charge in [0, 0.05) is 18.3 Å². The Labute approximate surface area is 222 Å². The molecule has 0 aliphatic carbocycles. The second kappa shape index (κ2) is 9.44. The fourth-order valence-corrected chi connectivity index (χ4v) is 4.99. The molecule has 38 heavy (non-hydrogen) atoms. The highest BCUT2D eigenvalue weighted by molar-refractivity contribution is 6.31. The molecule has 3 atom stereocenters. The van der Waals surface area contributed by atoms with Crippen molar-refractivity contribution in [1.82, 2.24) is 9.78 Å². The molecule has 3 heterocycles. The Morgan fingerprint density at radius 3 is 2.26 bits per heavy atom. The number of aromatic nitrogens is 2. The molecule has 10 heteroatoms. The lowest BCUT2D eigenvalue weighted by Crippen LogP contribution is -2.37. The van der Waals surface area contributed by atoms with Crippen molar-refractivity contribution >= 4 is 40.8 Å². The number of hydroxylamine groups is 1. The van der Waals surface area contributed by atoms with Gasteiger partial charge in [-0.2, -0.15) is 5.10 Å². The van der Waals surface area contributed by atoms with E-state index >= 15 is 0 Å². The van der Waals surface area contributed by atoms with Crippen LogP contribution < -0.4 is 14.7 Å². The first kappa shape index (κ1) is 23.9. The molecule has 0 spiro atoms. The zero-order valence-corrected chi connectivity index (χ0v) is 20.9. The van der Waals surface area contributed by atoms with Crippen LogP contribution in [0.3, 0.4) is 0 Å². The fourth-order valence-electron chi connectivity index (χ4n) is 4.86. The fraction of sp³-hybridized carbons (Fsp3) is 0.143. The van der Waals surface area contributed by atoms with Gasteiger partial charge in [-0.05, 0) is 60.2 Å². The van der Waals surface area contributed by atoms with Crippen molar-refractivity contribution in [3.63, 3.8) is 0 Å². The topological polar surface area (TPSA) is 94.0 Å². The Morgan fingerprint density at radius 2 is 1.61 bits per heavy atom. The SMILES string of the molecule is Cn1nccc1C(=O)Oc1ccc([C@@H]2[C@H]3C(=O)N(c4ccc(Cl)cc4)C(=O)[C@H]3ON2c2ccccc2)cc1. The Kier molecular flexibility index (Phi) is 5.94. The first-order valence-electron chi connectivity index (χ1n) is 11.9. The summed E-state index contributed by atoms with van der Waals surface area (Å²) < 4.78 is 6.92. The van der Waals surface area contributed by atoms with Gasteiger partial charge in [0.15, 0.2) is 6.10 Å². The van der Waals surface area contributed by atoms with Crippen molar-refractivity contribution in [2.75, 3.05) is 9.96 Å². The smallest absolute Gasteiger partial charge is 0.361 e. The summed E-state index contributed by atoms with van der Waals surface area (Å²) in [6.45, 7) is 0. The van der Waals surface area contributed by atoms with Gasteiger partial charge in [-0.25, -0.2) is 14.8 Å². The minimum atomic E-state index is -0.995. The van der Waals surface area contributed by atoms with E-state index in [9.17, 15) is 14.4 Å². The molecule has 3 aromatic carbocycles. The van der Waals surface area contributed by atoms with E-state index in [-0.39, 0.29) is 5.91 Å². The number of rotatable bonds is 5. The molecular formula is C28H21ClN4O5. The highest BCUT2D eigenvalue weighted by Crippen LogP contribution is 2.47. The third-order valence-corrected chi connectivity index (χ3v) is 6.93. The number of benzene rings is 3. The molecule has 2 saturated heterocycles. The number of hydrogen-bond donors (Lipinski definition) is 0. The predicted octanol–water partition coefficient (Wildman–Crippen LogP) is 4.34. The summed E-state index contributed by atoms with van der Waals surface area (Å²) in [7, 11) is 1.65. The number of para-hydroxylation sites is 1. The number of ether oxygens (including phenoxy) is 1. The molecule has 0 N–H and O–H groups in total. The maximum Gasteiger partial charge on any atom is 0.361 e. The average molecular weight is 529 g/mol. The number of carbonyl (C=O) groups excluding carboxylic acids is 3. The zero-order valence-electron chi connectivity index (χ0n) is 20.1. The van der Waals surface area contributed by atoms with Crippen LogP contribution in [0.5, 0.6) is 5.75 Å². The number of imide groups is 1. The van der Waals surface area contributed by atoms with Crippen LogP contribution in [0.1, 0.15) is 22.1 Å². The summed E-state index contributed by atoms with van der Waals surface area (Å²) in [4.78, 5) is 46.9. The highest BCUT2D eigenvalue weighted by Gasteiger charge is 2.60. The number of fused-ring (bicyclic) bond motifs is 1. The highest BCUT2D eigenvalue weighted by atomic mass is 35.5. The van der Waals surface area contributed by atoms with Gasteiger partial charge in [0.05, 0.1) is 17.4 Å². The van der Waals surface area contributed by atoms with E-state index in [1.54, 1.807) is 66.7 Å². The van der Waals surface area contributed by atoms with E-state index in [0.29, 0.717) is 27.8 Å². The van der Waals surface area contributed by atoms with Crippen molar-refractivity contribution in [3.8, 4) is 5.75 Å². The number of hydrogen-bond acceptors (Lipinski definition) is 7. The Morgan fingerprint density at radius 1 is 0.895 bits per heavy atom. The molecule has 6 rings (SSSR count). The Balaban J connectivity index is 1.33. The lowest BCUT2D eigenvalue weighted by Gasteiger charge is -2.28. The van der Waals surface area contributed by atoms with Crippen molar-refractivity contribution < 1.29 is 24.0 Å². The van der Waals surface area contributed by atoms with Crippen LogP contribution in [0.15, 0.2) is 91.1 Å². The quantitative estimate of drug-likeness (QED) is 0.216. The molecule has 190 valence electrons. The van der Waals surface area contributed by atoms with Crippen molar-refractivity contribution in [2.24, 2.45) is 13.0 Å². The minimum absolute atomic E-state index is 0.314. The lowest BCUT2D eigenvalue weighted by atomic mass is 9.90. The van der Waals surface area contributed by atoms with E-state index in [1.807, 2.05) is 30.3 Å². The van der Waals surface area contributed by atoms with Crippen LogP contribution in [0.25, 0.3) is 0 Å². The van der Waals surface area contributed by atoms with E-state index in [1.165, 1.54) is 10.9 Å². The summed E-state index contributed by atoms with van der Waals surface area (Å²) >= 11 is 6.00. The summed E-state index contributed by atoms with van der Waals surface area (Å²) in [5, 5.41) is 6.10. The van der Waals surface area contributed by atoms with Crippen molar-refractivity contribution in [1.29, 1.82) is 0 Å². The number of anilines is 2. The molecule has 1 aromatic heterocycles. The van der Waals surface area contributed by atoms with Crippen LogP contribution in [0.4, 0.5) is 11.4 Å². The van der Waals surface area contributed by atoms with E-state index < -0.39 is 29.9 Å². The van der Waals surface area contributed by atoms with Gasteiger partial charge in [-0.1, -0.05) is 41.9 Å². The first-order chi connectivity index (χ1) is 18.4. The van der Waals surface area contributed by atoms with E-state index in [4.69, 9.17) is 21.2 Å². The molecule has 0 bridgehead atoms. The number of amides is 2. The maximum absolute atomic E-state index is 13.7. The Bertz CT molecular complexity index is 1520. The molecule has 9 nitrogen and oxygen atoms in total. The Hall–Kier alpha value is -4.47. The summed E-state index contributed by atoms with van der Waals surface area (Å²) in [6, 6.07) is 23.6. The summed E-state index contributed by atoms with van der Waals surface area (Å²) in [6.07, 6.45) is 0.521. The zero-order chi connectivity index (χ0) is 26.4. The molecule has 0 saturated carbocycles. The van der Waals surface area contributed by atoms with Gasteiger partial charge in [-0.3, -0.25) is 19.1 Å². The molecule has 4 aromatic rings. The number of nitrogens with zero attached hydrogens (tertiary/aromatic N) is 4. The minimum Gasteiger partial charge on any atom is -0.422 e. The van der Waals surface area contributed by atoms with Gasteiger partial charge < -0.3 is 4.74 Å². The first-order valence-corrected chi connectivity index (χ1v) is 12.2. The van der Waals surface area contributed by atoms with Crippen LogP contribution in [-0.2, 0) is 21.5 Å². The largest absolute Gasteiger partial charge is 0.422 e. The third kappa shape index (κ3) is 4.02. The van der Waals surface area contributed by atoms with Gasteiger partial charge in [0.2, 0.25) is 5.91 Å². The normalized spacial score (nSPS) is 20.6. The van der Waals surface area contributed by atoms with Crippen molar-refractivity contribution in [2.45, 2.75) is 12.1 Å². The predicted molar refractivity (Wildman–Crippen MR) is 139 cm³/mol. The molecule has 2 amide bonds. The third-order valence-electron chi connectivity index (χ3n) is 6.67. The molecule has 2 fully saturated rings. The van der Waals surface area contributed by atoms with Gasteiger partial charge in [-0.15, -0.1) is 0 Å². The number of carbonyl (C=O) groups is 3. The summed E-state index contributed by atoms with van der Waals surface area (Å²) in [5.74, 6) is -1.80. The number of esters is 1. The number of halogens is 1. The number of aryl methyl sites for hydroxylation is 1. The molecular weight excluding hydrogens is 508 g/mol. The van der Waals surface area contributed by atoms with Crippen LogP contribution in [-0.4, -0.2) is 33.7 Å². The van der Waals surface area contributed by atoms with Crippen LogP contribution in [0, 0.1) is 5.92 Å². The molecule has 2 aliphatic rings. The standard InChI is InChI=1S/C28H21ClN4O5/c1-31-22(15-16-30-31)28(36)37-21-13-7-17(8-14-21)24-23-25(38-33(24)20-5-3-2-4-6-20)27(35)32(26(23)34)19-11-9-18(29)10-12-19/h2-16,23-25H,1H3/t23-,24-,25+/m1/s1. The molecule has 0 radical (unpaired) electrons. The van der Waals surface area contributed by atoms with Gasteiger partial charge >= 0.3 is 5.97 Å². The molecule has 2 aliphatic heterocycles. The van der Waals surface area contributed by atoms with Gasteiger partial charge in [0.25, 0.3) is 5.91 Å². The maximum atomic E-state index is 13.7. The second-order valence-corrected chi connectivity index (χ2v) is 9.38. The average Bonchev–Trinajstić information content (AvgIpc) is 3.60. The monoisotopic (exact) mass is 528 g/mol. The second-order valence-electron chi connectivity index (χ2n) is 8.94.